The van der Waals surface area contributed by atoms with Crippen LogP contribution in [0.1, 0.15) is 22.8 Å². The number of aromatic nitrogens is 1. The number of ether oxygens (including phenoxy) is 1. The van der Waals surface area contributed by atoms with E-state index >= 15 is 0 Å². The highest BCUT2D eigenvalue weighted by Gasteiger charge is 2.31. The monoisotopic (exact) mass is 359 g/mol. The molecule has 1 unspecified atom stereocenters. The number of carbonyl (C=O) groups excluding carboxylic acids is 1. The van der Waals surface area contributed by atoms with Gasteiger partial charge < -0.3 is 15.0 Å². The molecule has 0 fully saturated rings. The van der Waals surface area contributed by atoms with Crippen molar-refractivity contribution in [3.05, 3.63) is 78.1 Å². The molecule has 0 saturated carbocycles. The molecule has 1 aliphatic heterocycles. The zero-order valence-electron chi connectivity index (χ0n) is 15.3. The molecule has 0 spiro atoms. The van der Waals surface area contributed by atoms with Gasteiger partial charge in [0.2, 0.25) is 0 Å². The van der Waals surface area contributed by atoms with Crippen molar-refractivity contribution in [1.82, 2.24) is 4.98 Å². The number of rotatable bonds is 4. The van der Waals surface area contributed by atoms with Crippen LogP contribution in [0.3, 0.4) is 0 Å². The molecule has 1 aliphatic rings. The Labute approximate surface area is 158 Å². The topological polar surface area (TPSA) is 54.5 Å². The van der Waals surface area contributed by atoms with Gasteiger partial charge in [-0.05, 0) is 43.2 Å². The van der Waals surface area contributed by atoms with Crippen LogP contribution >= 0.6 is 0 Å². The molecule has 136 valence electrons. The molecule has 0 saturated heterocycles. The van der Waals surface area contributed by atoms with E-state index in [0.717, 1.165) is 29.2 Å². The van der Waals surface area contributed by atoms with Crippen molar-refractivity contribution in [3.63, 3.8) is 0 Å². The molecular formula is C22H21N3O2. The van der Waals surface area contributed by atoms with Crippen LogP contribution in [0.4, 0.5) is 17.1 Å². The van der Waals surface area contributed by atoms with E-state index in [1.165, 1.54) is 5.56 Å². The van der Waals surface area contributed by atoms with E-state index in [9.17, 15) is 4.79 Å². The minimum atomic E-state index is -0.0383. The van der Waals surface area contributed by atoms with Crippen molar-refractivity contribution in [2.45, 2.75) is 19.4 Å². The largest absolute Gasteiger partial charge is 0.495 e. The Morgan fingerprint density at radius 1 is 1.15 bits per heavy atom. The van der Waals surface area contributed by atoms with E-state index in [-0.39, 0.29) is 11.9 Å². The van der Waals surface area contributed by atoms with E-state index in [4.69, 9.17) is 4.74 Å². The Morgan fingerprint density at radius 3 is 2.78 bits per heavy atom. The molecule has 1 N–H and O–H groups in total. The number of nitrogens with zero attached hydrogens (tertiary/aromatic N) is 2. The highest BCUT2D eigenvalue weighted by atomic mass is 16.5. The third-order valence-electron chi connectivity index (χ3n) is 4.80. The molecule has 1 aromatic heterocycles. The van der Waals surface area contributed by atoms with E-state index in [2.05, 4.69) is 23.3 Å². The fraction of sp³-hybridized carbons (Fsp3) is 0.182. The van der Waals surface area contributed by atoms with Gasteiger partial charge in [-0.25, -0.2) is 0 Å². The zero-order chi connectivity index (χ0) is 18.8. The summed E-state index contributed by atoms with van der Waals surface area (Å²) >= 11 is 0. The number of anilines is 3. The van der Waals surface area contributed by atoms with Gasteiger partial charge in [0.1, 0.15) is 5.75 Å². The van der Waals surface area contributed by atoms with Crippen LogP contribution < -0.4 is 15.0 Å². The summed E-state index contributed by atoms with van der Waals surface area (Å²) < 4.78 is 5.37. The average Bonchev–Trinajstić information content (AvgIpc) is 3.03. The number of pyridine rings is 1. The molecule has 3 aromatic rings. The van der Waals surface area contributed by atoms with E-state index in [1.54, 1.807) is 19.5 Å². The average molecular weight is 359 g/mol. The number of fused-ring (bicyclic) bond motifs is 1. The second kappa shape index (κ2) is 7.11. The number of amides is 1. The fourth-order valence-electron chi connectivity index (χ4n) is 3.54. The second-order valence-electron chi connectivity index (χ2n) is 6.64. The Bertz CT molecular complexity index is 987. The number of hydrogen-bond acceptors (Lipinski definition) is 4. The van der Waals surface area contributed by atoms with Gasteiger partial charge in [0.25, 0.3) is 5.91 Å². The number of nitrogens with one attached hydrogen (secondary N) is 1. The normalized spacial score (nSPS) is 15.3. The molecule has 27 heavy (non-hydrogen) atoms. The summed E-state index contributed by atoms with van der Waals surface area (Å²) in [5, 5.41) is 3.28. The van der Waals surface area contributed by atoms with E-state index < -0.39 is 0 Å². The molecule has 5 heteroatoms. The second-order valence-corrected chi connectivity index (χ2v) is 6.64. The molecule has 4 rings (SSSR count). The Kier molecular flexibility index (Phi) is 4.50. The lowest BCUT2D eigenvalue weighted by Crippen LogP contribution is -2.35. The first-order chi connectivity index (χ1) is 13.2. The zero-order valence-corrected chi connectivity index (χ0v) is 15.3. The summed E-state index contributed by atoms with van der Waals surface area (Å²) in [7, 11) is 1.63. The Hall–Kier alpha value is -3.34. The van der Waals surface area contributed by atoms with Gasteiger partial charge in [-0.3, -0.25) is 9.78 Å². The predicted octanol–water partition coefficient (Wildman–Crippen LogP) is 4.43. The summed E-state index contributed by atoms with van der Waals surface area (Å²) in [5.41, 5.74) is 4.31. The molecule has 0 radical (unpaired) electrons. The summed E-state index contributed by atoms with van der Waals surface area (Å²) in [6, 6.07) is 17.7. The van der Waals surface area contributed by atoms with Crippen molar-refractivity contribution in [2.24, 2.45) is 0 Å². The summed E-state index contributed by atoms with van der Waals surface area (Å²) in [6.45, 7) is 2.07. The minimum Gasteiger partial charge on any atom is -0.495 e. The molecule has 0 bridgehead atoms. The number of methoxy groups -OCH3 is 1. The van der Waals surface area contributed by atoms with Crippen LogP contribution in [0.15, 0.2) is 67.0 Å². The molecule has 5 nitrogen and oxygen atoms in total. The van der Waals surface area contributed by atoms with Crippen molar-refractivity contribution >= 4 is 23.0 Å². The van der Waals surface area contributed by atoms with Gasteiger partial charge in [-0.2, -0.15) is 0 Å². The van der Waals surface area contributed by atoms with Gasteiger partial charge in [0.05, 0.1) is 30.2 Å². The minimum absolute atomic E-state index is 0.0383. The lowest BCUT2D eigenvalue weighted by molar-refractivity contribution is 0.0981. The van der Waals surface area contributed by atoms with Crippen LogP contribution in [-0.2, 0) is 6.42 Å². The van der Waals surface area contributed by atoms with E-state index in [1.807, 2.05) is 53.4 Å². The Balaban J connectivity index is 1.62. The maximum absolute atomic E-state index is 13.2. The first-order valence-corrected chi connectivity index (χ1v) is 8.94. The van der Waals surface area contributed by atoms with Crippen LogP contribution in [-0.4, -0.2) is 24.0 Å². The first kappa shape index (κ1) is 17.1. The lowest BCUT2D eigenvalue weighted by Gasteiger charge is -2.23. The highest BCUT2D eigenvalue weighted by Crippen LogP contribution is 2.33. The van der Waals surface area contributed by atoms with Gasteiger partial charge >= 0.3 is 0 Å². The maximum Gasteiger partial charge on any atom is 0.260 e. The van der Waals surface area contributed by atoms with Crippen LogP contribution in [0.25, 0.3) is 0 Å². The van der Waals surface area contributed by atoms with E-state index in [0.29, 0.717) is 5.56 Å². The van der Waals surface area contributed by atoms with Crippen LogP contribution in [0.2, 0.25) is 0 Å². The summed E-state index contributed by atoms with van der Waals surface area (Å²) in [5.74, 6) is 0.694. The number of para-hydroxylation sites is 3. The van der Waals surface area contributed by atoms with Crippen molar-refractivity contribution in [3.8, 4) is 5.75 Å². The highest BCUT2D eigenvalue weighted by molar-refractivity contribution is 6.08. The van der Waals surface area contributed by atoms with Crippen molar-refractivity contribution < 1.29 is 9.53 Å². The smallest absolute Gasteiger partial charge is 0.260 e. The quantitative estimate of drug-likeness (QED) is 0.749. The standard InChI is InChI=1S/C22H21N3O2/c1-15-11-16-7-3-5-9-20(16)25(15)22(26)17-12-18(14-23-13-17)24-19-8-4-6-10-21(19)27-2/h3-10,12-15,24H,11H2,1-2H3. The molecule has 2 aromatic carbocycles. The number of carbonyl (C=O) groups is 1. The van der Waals surface area contributed by atoms with Crippen LogP contribution in [0, 0.1) is 0 Å². The third-order valence-corrected chi connectivity index (χ3v) is 4.80. The maximum atomic E-state index is 13.2. The van der Waals surface area contributed by atoms with Crippen molar-refractivity contribution in [1.29, 1.82) is 0 Å². The van der Waals surface area contributed by atoms with Crippen LogP contribution in [0.5, 0.6) is 5.75 Å². The summed E-state index contributed by atoms with van der Waals surface area (Å²) in [4.78, 5) is 19.3. The number of hydrogen-bond donors (Lipinski definition) is 1. The summed E-state index contributed by atoms with van der Waals surface area (Å²) in [6.07, 6.45) is 4.18. The molecule has 1 amide bonds. The van der Waals surface area contributed by atoms with Gasteiger partial charge in [0, 0.05) is 17.9 Å². The molecule has 1 atom stereocenters. The first-order valence-electron chi connectivity index (χ1n) is 8.94. The molecule has 0 aliphatic carbocycles. The van der Waals surface area contributed by atoms with Gasteiger partial charge in [-0.15, -0.1) is 0 Å². The Morgan fingerprint density at radius 2 is 1.93 bits per heavy atom. The van der Waals surface area contributed by atoms with Gasteiger partial charge in [-0.1, -0.05) is 30.3 Å². The lowest BCUT2D eigenvalue weighted by atomic mass is 10.1. The fourth-order valence-corrected chi connectivity index (χ4v) is 3.54. The predicted molar refractivity (Wildman–Crippen MR) is 107 cm³/mol. The SMILES string of the molecule is COc1ccccc1Nc1cncc(C(=O)N2c3ccccc3CC2C)c1. The number of benzene rings is 2. The third kappa shape index (κ3) is 3.24. The molecular weight excluding hydrogens is 338 g/mol. The molecule has 2 heterocycles. The van der Waals surface area contributed by atoms with Gasteiger partial charge in [0.15, 0.2) is 0 Å². The van der Waals surface area contributed by atoms with Crippen molar-refractivity contribution in [2.75, 3.05) is 17.3 Å².